The lowest BCUT2D eigenvalue weighted by atomic mass is 9.84. The molecule has 142 valence electrons. The van der Waals surface area contributed by atoms with Crippen molar-refractivity contribution in [3.8, 4) is 0 Å². The van der Waals surface area contributed by atoms with Gasteiger partial charge in [0.1, 0.15) is 0 Å². The Bertz CT molecular complexity index is 643. The minimum absolute atomic E-state index is 0.237. The summed E-state index contributed by atoms with van der Waals surface area (Å²) in [6.45, 7) is 1.54. The average Bonchev–Trinajstić information content (AvgIpc) is 3.31. The van der Waals surface area contributed by atoms with E-state index < -0.39 is 0 Å². The topological polar surface area (TPSA) is 56.7 Å². The normalized spacial score (nSPS) is 20.5. The molecule has 3 rings (SSSR count). The van der Waals surface area contributed by atoms with Gasteiger partial charge in [0, 0.05) is 39.6 Å². The van der Waals surface area contributed by atoms with E-state index in [1.165, 1.54) is 18.4 Å². The Morgan fingerprint density at radius 1 is 1.04 bits per heavy atom. The first-order valence-corrected chi connectivity index (χ1v) is 9.73. The molecule has 0 bridgehead atoms. The van der Waals surface area contributed by atoms with Crippen LogP contribution in [0.15, 0.2) is 35.3 Å². The number of hydrogen-bond acceptors (Lipinski definition) is 2. The van der Waals surface area contributed by atoms with E-state index in [9.17, 15) is 4.79 Å². The highest BCUT2D eigenvalue weighted by atomic mass is 16.2. The maximum Gasteiger partial charge on any atom is 0.230 e. The Morgan fingerprint density at radius 2 is 1.65 bits per heavy atom. The zero-order chi connectivity index (χ0) is 18.6. The summed E-state index contributed by atoms with van der Waals surface area (Å²) in [5.74, 6) is 1.03. The van der Waals surface area contributed by atoms with Crippen LogP contribution in [-0.2, 0) is 10.2 Å². The Morgan fingerprint density at radius 3 is 2.19 bits per heavy atom. The molecule has 1 aromatic carbocycles. The quantitative estimate of drug-likeness (QED) is 0.608. The Kier molecular flexibility index (Phi) is 5.54. The van der Waals surface area contributed by atoms with Gasteiger partial charge >= 0.3 is 0 Å². The first kappa shape index (κ1) is 18.7. The zero-order valence-electron chi connectivity index (χ0n) is 16.3. The van der Waals surface area contributed by atoms with Gasteiger partial charge in [-0.1, -0.05) is 43.2 Å². The number of nitrogens with zero attached hydrogens (tertiary/aromatic N) is 2. The van der Waals surface area contributed by atoms with Crippen molar-refractivity contribution in [2.24, 2.45) is 10.4 Å². The lowest BCUT2D eigenvalue weighted by Gasteiger charge is -2.31. The summed E-state index contributed by atoms with van der Waals surface area (Å²) in [5, 5.41) is 6.93. The molecule has 2 aliphatic carbocycles. The number of carbonyl (C=O) groups is 1. The largest absolute Gasteiger partial charge is 0.356 e. The van der Waals surface area contributed by atoms with E-state index in [-0.39, 0.29) is 16.7 Å². The van der Waals surface area contributed by atoms with E-state index >= 15 is 0 Å². The minimum Gasteiger partial charge on any atom is -0.356 e. The maximum absolute atomic E-state index is 12.7. The van der Waals surface area contributed by atoms with Gasteiger partial charge in [0.25, 0.3) is 0 Å². The number of hydrogen-bond donors (Lipinski definition) is 2. The standard InChI is InChI=1S/C21H32N4O/c1-22-19(23-15-20(13-14-20)17-9-5-4-6-10-17)24-16-21(11-7-8-12-21)18(26)25(2)3/h4-6,9-10H,7-8,11-16H2,1-3H3,(H2,22,23,24). The van der Waals surface area contributed by atoms with Crippen molar-refractivity contribution in [3.63, 3.8) is 0 Å². The van der Waals surface area contributed by atoms with Gasteiger partial charge in [-0.15, -0.1) is 0 Å². The first-order valence-electron chi connectivity index (χ1n) is 9.73. The van der Waals surface area contributed by atoms with Crippen LogP contribution in [0.4, 0.5) is 0 Å². The molecule has 2 N–H and O–H groups in total. The van der Waals surface area contributed by atoms with Crippen LogP contribution in [-0.4, -0.2) is 51.0 Å². The second-order valence-corrected chi connectivity index (χ2v) is 8.11. The predicted octanol–water partition coefficient (Wildman–Crippen LogP) is 2.53. The van der Waals surface area contributed by atoms with Crippen molar-refractivity contribution in [2.75, 3.05) is 34.2 Å². The Labute approximate surface area is 157 Å². The smallest absolute Gasteiger partial charge is 0.230 e. The molecule has 5 nitrogen and oxygen atoms in total. The summed E-state index contributed by atoms with van der Waals surface area (Å²) in [5.41, 5.74) is 1.36. The fourth-order valence-corrected chi connectivity index (χ4v) is 4.23. The SMILES string of the molecule is CN=C(NCC1(C(=O)N(C)C)CCCC1)NCC1(c2ccccc2)CC1. The van der Waals surface area contributed by atoms with Crippen molar-refractivity contribution >= 4 is 11.9 Å². The number of rotatable bonds is 6. The van der Waals surface area contributed by atoms with E-state index in [2.05, 4.69) is 46.0 Å². The number of nitrogens with one attached hydrogen (secondary N) is 2. The number of carbonyl (C=O) groups excluding carboxylic acids is 1. The molecule has 26 heavy (non-hydrogen) atoms. The van der Waals surface area contributed by atoms with Gasteiger partial charge in [-0.25, -0.2) is 0 Å². The molecule has 2 aliphatic rings. The van der Waals surface area contributed by atoms with E-state index in [1.54, 1.807) is 11.9 Å². The minimum atomic E-state index is -0.280. The molecule has 0 aliphatic heterocycles. The third-order valence-corrected chi connectivity index (χ3v) is 6.07. The molecule has 0 atom stereocenters. The van der Waals surface area contributed by atoms with Gasteiger partial charge < -0.3 is 15.5 Å². The van der Waals surface area contributed by atoms with E-state index in [4.69, 9.17) is 0 Å². The van der Waals surface area contributed by atoms with Crippen LogP contribution in [0.5, 0.6) is 0 Å². The number of aliphatic imine (C=N–C) groups is 1. The van der Waals surface area contributed by atoms with Crippen molar-refractivity contribution < 1.29 is 4.79 Å². The molecule has 0 heterocycles. The molecule has 2 saturated carbocycles. The van der Waals surface area contributed by atoms with Crippen molar-refractivity contribution in [3.05, 3.63) is 35.9 Å². The van der Waals surface area contributed by atoms with Crippen LogP contribution in [0.2, 0.25) is 0 Å². The highest BCUT2D eigenvalue weighted by Crippen LogP contribution is 2.47. The highest BCUT2D eigenvalue weighted by Gasteiger charge is 2.44. The van der Waals surface area contributed by atoms with Crippen LogP contribution >= 0.6 is 0 Å². The van der Waals surface area contributed by atoms with E-state index in [0.29, 0.717) is 6.54 Å². The van der Waals surface area contributed by atoms with Gasteiger partial charge in [0.2, 0.25) is 5.91 Å². The van der Waals surface area contributed by atoms with Crippen LogP contribution in [0, 0.1) is 5.41 Å². The third-order valence-electron chi connectivity index (χ3n) is 6.07. The zero-order valence-corrected chi connectivity index (χ0v) is 16.3. The third kappa shape index (κ3) is 3.87. The lowest BCUT2D eigenvalue weighted by Crippen LogP contribution is -2.50. The monoisotopic (exact) mass is 356 g/mol. The molecular formula is C21H32N4O. The number of guanidine groups is 1. The number of amides is 1. The maximum atomic E-state index is 12.7. The fourth-order valence-electron chi connectivity index (χ4n) is 4.23. The summed E-state index contributed by atoms with van der Waals surface area (Å²) >= 11 is 0. The molecule has 0 saturated heterocycles. The average molecular weight is 357 g/mol. The van der Waals surface area contributed by atoms with Crippen molar-refractivity contribution in [2.45, 2.75) is 43.9 Å². The lowest BCUT2D eigenvalue weighted by molar-refractivity contribution is -0.138. The van der Waals surface area contributed by atoms with Gasteiger partial charge in [-0.2, -0.15) is 0 Å². The molecule has 0 aromatic heterocycles. The summed E-state index contributed by atoms with van der Waals surface area (Å²) in [6, 6.07) is 10.7. The van der Waals surface area contributed by atoms with Crippen LogP contribution < -0.4 is 10.6 Å². The van der Waals surface area contributed by atoms with Crippen molar-refractivity contribution in [1.29, 1.82) is 0 Å². The molecule has 0 unspecified atom stereocenters. The molecule has 1 amide bonds. The van der Waals surface area contributed by atoms with Crippen LogP contribution in [0.25, 0.3) is 0 Å². The highest BCUT2D eigenvalue weighted by molar-refractivity contribution is 5.85. The van der Waals surface area contributed by atoms with Crippen LogP contribution in [0.1, 0.15) is 44.1 Å². The second-order valence-electron chi connectivity index (χ2n) is 8.11. The van der Waals surface area contributed by atoms with Gasteiger partial charge in [0.05, 0.1) is 5.41 Å². The predicted molar refractivity (Wildman–Crippen MR) is 106 cm³/mol. The second kappa shape index (κ2) is 7.68. The van der Waals surface area contributed by atoms with E-state index in [0.717, 1.165) is 38.2 Å². The summed E-state index contributed by atoms with van der Waals surface area (Å²) in [4.78, 5) is 18.8. The summed E-state index contributed by atoms with van der Waals surface area (Å²) in [6.07, 6.45) is 6.60. The molecule has 1 aromatic rings. The summed E-state index contributed by atoms with van der Waals surface area (Å²) < 4.78 is 0. The van der Waals surface area contributed by atoms with Gasteiger partial charge in [0.15, 0.2) is 5.96 Å². The summed E-state index contributed by atoms with van der Waals surface area (Å²) in [7, 11) is 5.50. The molecule has 5 heteroatoms. The van der Waals surface area contributed by atoms with Crippen LogP contribution in [0.3, 0.4) is 0 Å². The van der Waals surface area contributed by atoms with Gasteiger partial charge in [-0.3, -0.25) is 9.79 Å². The van der Waals surface area contributed by atoms with Crippen molar-refractivity contribution in [1.82, 2.24) is 15.5 Å². The number of benzene rings is 1. The molecular weight excluding hydrogens is 324 g/mol. The van der Waals surface area contributed by atoms with E-state index in [1.807, 2.05) is 14.1 Å². The fraction of sp³-hybridized carbons (Fsp3) is 0.619. The van der Waals surface area contributed by atoms with Gasteiger partial charge in [-0.05, 0) is 31.2 Å². The first-order chi connectivity index (χ1) is 12.5. The Balaban J connectivity index is 1.58. The Hall–Kier alpha value is -2.04. The molecule has 0 radical (unpaired) electrons. The molecule has 0 spiro atoms. The molecule has 2 fully saturated rings.